The Morgan fingerprint density at radius 1 is 1.19 bits per heavy atom. The third kappa shape index (κ3) is 13.2. The number of oxime groups is 1. The number of carbonyl (C=O) groups excluding carboxylic acids is 4. The average Bonchev–Trinajstić information content (AvgIpc) is 3.77. The number of aliphatic carboxylic acids is 1. The minimum Gasteiger partial charge on any atom is -0.480 e. The number of carboxylic acids is 1. The number of nitrogens with zero attached hydrogens (tertiary/aromatic N) is 3. The molecular formula is C36H50N6O10. The molecule has 0 aliphatic carbocycles. The monoisotopic (exact) mass is 726 g/mol. The molecule has 0 spiro atoms. The Bertz CT molecular complexity index is 1560. The third-order valence-corrected chi connectivity index (χ3v) is 8.21. The van der Waals surface area contributed by atoms with Gasteiger partial charge in [-0.15, -0.1) is 0 Å². The molecule has 2 aliphatic rings. The van der Waals surface area contributed by atoms with Gasteiger partial charge in [-0.05, 0) is 44.7 Å². The molecule has 6 N–H and O–H groups in total. The summed E-state index contributed by atoms with van der Waals surface area (Å²) < 4.78 is 11.5. The average molecular weight is 727 g/mol. The maximum absolute atomic E-state index is 13.5. The Labute approximate surface area is 302 Å². The van der Waals surface area contributed by atoms with E-state index in [0.29, 0.717) is 25.0 Å². The quantitative estimate of drug-likeness (QED) is 0.101. The topological polar surface area (TPSA) is 236 Å². The second-order valence-electron chi connectivity index (χ2n) is 13.0. The first-order valence-corrected chi connectivity index (χ1v) is 17.3. The number of unbranched alkanes of at least 4 members (excludes halogenated alkanes) is 1. The molecule has 3 amide bonds. The number of fused-ring (bicyclic) bond motifs is 3. The van der Waals surface area contributed by atoms with E-state index in [1.807, 2.05) is 20.8 Å². The van der Waals surface area contributed by atoms with Crippen LogP contribution in [0.1, 0.15) is 69.8 Å². The zero-order valence-electron chi connectivity index (χ0n) is 30.0. The number of allylic oxidation sites excluding steroid dienone is 2. The Balaban J connectivity index is 1.85. The van der Waals surface area contributed by atoms with Crippen molar-refractivity contribution in [1.82, 2.24) is 20.5 Å². The summed E-state index contributed by atoms with van der Waals surface area (Å²) in [6, 6.07) is -2.13. The van der Waals surface area contributed by atoms with Crippen LogP contribution < -0.4 is 16.4 Å². The molecule has 0 saturated carbocycles. The fourth-order valence-electron chi connectivity index (χ4n) is 5.58. The van der Waals surface area contributed by atoms with E-state index in [1.165, 1.54) is 11.0 Å². The molecule has 3 rings (SSSR count). The van der Waals surface area contributed by atoms with E-state index in [-0.39, 0.29) is 67.4 Å². The number of carboxylic acid groups (broad SMARTS) is 1. The lowest BCUT2D eigenvalue weighted by atomic mass is 9.94. The van der Waals surface area contributed by atoms with Gasteiger partial charge in [0, 0.05) is 25.4 Å². The van der Waals surface area contributed by atoms with Crippen molar-refractivity contribution in [3.63, 3.8) is 0 Å². The number of amides is 3. The van der Waals surface area contributed by atoms with Gasteiger partial charge in [0.25, 0.3) is 11.8 Å². The number of hydrogen-bond donors (Lipinski definition) is 5. The molecule has 16 nitrogen and oxygen atoms in total. The van der Waals surface area contributed by atoms with Crippen LogP contribution in [0.3, 0.4) is 0 Å². The highest BCUT2D eigenvalue weighted by molar-refractivity contribution is 5.96. The largest absolute Gasteiger partial charge is 0.480 e. The molecule has 2 bridgehead atoms. The molecule has 0 fully saturated rings. The van der Waals surface area contributed by atoms with Crippen molar-refractivity contribution in [2.24, 2.45) is 22.7 Å². The van der Waals surface area contributed by atoms with Gasteiger partial charge in [-0.25, -0.2) is 14.6 Å². The van der Waals surface area contributed by atoms with Crippen LogP contribution in [0.4, 0.5) is 0 Å². The molecule has 5 unspecified atom stereocenters. The predicted molar refractivity (Wildman–Crippen MR) is 190 cm³/mol. The van der Waals surface area contributed by atoms with Crippen LogP contribution >= 0.6 is 0 Å². The lowest BCUT2D eigenvalue weighted by Crippen LogP contribution is -2.44. The predicted octanol–water partition coefficient (Wildman–Crippen LogP) is 1.81. The summed E-state index contributed by atoms with van der Waals surface area (Å²) in [6.45, 7) is 7.53. The van der Waals surface area contributed by atoms with Crippen LogP contribution in [0.2, 0.25) is 0 Å². The first kappa shape index (κ1) is 41.3. The van der Waals surface area contributed by atoms with Crippen molar-refractivity contribution < 1.29 is 48.2 Å². The summed E-state index contributed by atoms with van der Waals surface area (Å²) in [5, 5.41) is 29.5. The number of aliphatic hydroxyl groups is 1. The number of cyclic esters (lactones) is 1. The van der Waals surface area contributed by atoms with Crippen molar-refractivity contribution >= 4 is 35.4 Å². The molecular weight excluding hydrogens is 676 g/mol. The SMILES string of the molecule is CC1=C\C(O)C/C(=N\OCC(=O)NC(CCCCN)C(=O)O)Cc2nc(co2)C(=O)N2CC=CC2C(=O)OC(C(C)C)C(C)/C=C/C(=O)NC\C=C\1. The van der Waals surface area contributed by atoms with Crippen molar-refractivity contribution in [2.75, 3.05) is 26.2 Å². The molecule has 5 atom stereocenters. The number of hydrogen-bond acceptors (Lipinski definition) is 12. The maximum Gasteiger partial charge on any atom is 0.333 e. The number of nitrogens with one attached hydrogen (secondary N) is 2. The van der Waals surface area contributed by atoms with Gasteiger partial charge in [0.2, 0.25) is 11.8 Å². The molecule has 52 heavy (non-hydrogen) atoms. The highest BCUT2D eigenvalue weighted by Gasteiger charge is 2.36. The Morgan fingerprint density at radius 3 is 2.67 bits per heavy atom. The molecule has 1 aromatic heterocycles. The van der Waals surface area contributed by atoms with Gasteiger partial charge in [-0.2, -0.15) is 0 Å². The Hall–Kier alpha value is -5.09. The lowest BCUT2D eigenvalue weighted by Gasteiger charge is -2.29. The third-order valence-electron chi connectivity index (χ3n) is 8.21. The Morgan fingerprint density at radius 2 is 1.96 bits per heavy atom. The van der Waals surface area contributed by atoms with Gasteiger partial charge in [0.05, 0.1) is 18.2 Å². The first-order valence-electron chi connectivity index (χ1n) is 17.3. The molecule has 284 valence electrons. The minimum absolute atomic E-state index is 0.0506. The molecule has 3 heterocycles. The fourth-order valence-corrected chi connectivity index (χ4v) is 5.58. The first-order chi connectivity index (χ1) is 24.8. The molecule has 16 heteroatoms. The summed E-state index contributed by atoms with van der Waals surface area (Å²) in [6.07, 6.45) is 11.9. The standard InChI is InChI=1S/C36H50N6O10/c1-22(2)33-24(4)12-13-30(44)38-15-7-9-23(3)17-26(43)18-25(41-51-21-31(45)39-27(35(47)48)10-5-6-14-37)19-32-40-28(20-50-32)34(46)42-16-8-11-29(42)36(49)52-33/h7-9,11-13,17,20,22,24,26-27,29,33,43H,5-6,10,14-16,18-19,21,37H2,1-4H3,(H,38,44)(H,39,45)(H,47,48)/b9-7+,13-12+,23-17+,41-25+. The van der Waals surface area contributed by atoms with E-state index in [0.717, 1.165) is 6.26 Å². The summed E-state index contributed by atoms with van der Waals surface area (Å²) in [5.41, 5.74) is 6.27. The van der Waals surface area contributed by atoms with E-state index in [2.05, 4.69) is 20.8 Å². The van der Waals surface area contributed by atoms with E-state index >= 15 is 0 Å². The number of carbonyl (C=O) groups is 5. The van der Waals surface area contributed by atoms with Crippen molar-refractivity contribution in [3.05, 3.63) is 66.0 Å². The molecule has 0 saturated heterocycles. The zero-order chi connectivity index (χ0) is 38.2. The van der Waals surface area contributed by atoms with E-state index < -0.39 is 54.7 Å². The zero-order valence-corrected chi connectivity index (χ0v) is 30.0. The Kier molecular flexibility index (Phi) is 16.4. The number of aromatic nitrogens is 1. The smallest absolute Gasteiger partial charge is 0.333 e. The van der Waals surface area contributed by atoms with Gasteiger partial charge in [-0.3, -0.25) is 14.4 Å². The maximum atomic E-state index is 13.5. The van der Waals surface area contributed by atoms with Crippen molar-refractivity contribution in [1.29, 1.82) is 0 Å². The second-order valence-corrected chi connectivity index (χ2v) is 13.0. The highest BCUT2D eigenvalue weighted by atomic mass is 16.6. The number of ether oxygens (including phenoxy) is 1. The van der Waals surface area contributed by atoms with Crippen LogP contribution in [-0.4, -0.2) is 106 Å². The second kappa shape index (κ2) is 20.7. The molecule has 0 radical (unpaired) electrons. The van der Waals surface area contributed by atoms with Crippen molar-refractivity contribution in [2.45, 2.75) is 84.1 Å². The van der Waals surface area contributed by atoms with Gasteiger partial charge in [0.1, 0.15) is 24.5 Å². The van der Waals surface area contributed by atoms with Crippen LogP contribution in [0, 0.1) is 11.8 Å². The lowest BCUT2D eigenvalue weighted by molar-refractivity contribution is -0.156. The van der Waals surface area contributed by atoms with Gasteiger partial charge in [-0.1, -0.05) is 68.0 Å². The number of rotatable bonds is 10. The molecule has 2 aliphatic heterocycles. The van der Waals surface area contributed by atoms with Crippen LogP contribution in [0.15, 0.2) is 63.9 Å². The highest BCUT2D eigenvalue weighted by Crippen LogP contribution is 2.23. The molecule has 0 aromatic carbocycles. The van der Waals surface area contributed by atoms with Crippen LogP contribution in [-0.2, 0) is 35.2 Å². The summed E-state index contributed by atoms with van der Waals surface area (Å²) in [7, 11) is 0. The van der Waals surface area contributed by atoms with Gasteiger partial charge in [0.15, 0.2) is 12.3 Å². The summed E-state index contributed by atoms with van der Waals surface area (Å²) >= 11 is 0. The summed E-state index contributed by atoms with van der Waals surface area (Å²) in [4.78, 5) is 74.3. The fraction of sp³-hybridized carbons (Fsp3) is 0.528. The van der Waals surface area contributed by atoms with Crippen molar-refractivity contribution in [3.8, 4) is 0 Å². The van der Waals surface area contributed by atoms with Crippen LogP contribution in [0.25, 0.3) is 0 Å². The normalized spacial score (nSPS) is 25.8. The van der Waals surface area contributed by atoms with E-state index in [9.17, 15) is 34.2 Å². The van der Waals surface area contributed by atoms with Gasteiger partial charge < -0.3 is 45.5 Å². The molecule has 1 aromatic rings. The van der Waals surface area contributed by atoms with E-state index in [1.54, 1.807) is 43.4 Å². The summed E-state index contributed by atoms with van der Waals surface area (Å²) in [5.74, 6) is -3.81. The number of aliphatic hydroxyl groups excluding tert-OH is 1. The minimum atomic E-state index is -1.19. The van der Waals surface area contributed by atoms with Crippen LogP contribution in [0.5, 0.6) is 0 Å². The number of nitrogens with two attached hydrogens (primary N) is 1. The van der Waals surface area contributed by atoms with E-state index in [4.69, 9.17) is 19.7 Å². The number of oxazole rings is 1. The van der Waals surface area contributed by atoms with Gasteiger partial charge >= 0.3 is 11.9 Å². The number of esters is 1.